The minimum absolute atomic E-state index is 0.363. The molecule has 0 aliphatic carbocycles. The molecule has 0 saturated heterocycles. The van der Waals surface area contributed by atoms with Crippen LogP contribution in [0.2, 0.25) is 0 Å². The van der Waals surface area contributed by atoms with Gasteiger partial charge < -0.3 is 4.74 Å². The third-order valence-corrected chi connectivity index (χ3v) is 3.21. The van der Waals surface area contributed by atoms with Crippen LogP contribution >= 0.6 is 0 Å². The highest BCUT2D eigenvalue weighted by Gasteiger charge is 2.12. The molecule has 3 rings (SSSR count). The summed E-state index contributed by atoms with van der Waals surface area (Å²) in [4.78, 5) is 11.2. The van der Waals surface area contributed by atoms with Gasteiger partial charge in [-0.05, 0) is 31.2 Å². The second kappa shape index (κ2) is 5.81. The summed E-state index contributed by atoms with van der Waals surface area (Å²) < 4.78 is 6.91. The lowest BCUT2D eigenvalue weighted by Crippen LogP contribution is -2.02. The maximum atomic E-state index is 11.2. The summed E-state index contributed by atoms with van der Waals surface area (Å²) in [6, 6.07) is 15.3. The van der Waals surface area contributed by atoms with Crippen LogP contribution in [0.15, 0.2) is 54.7 Å². The van der Waals surface area contributed by atoms with E-state index in [-0.39, 0.29) is 5.97 Å². The Bertz CT molecular complexity index is 807. The Hall–Kier alpha value is -2.95. The lowest BCUT2D eigenvalue weighted by atomic mass is 10.1. The van der Waals surface area contributed by atoms with Gasteiger partial charge in [0.2, 0.25) is 0 Å². The standard InChI is InChI=1S/C17H15N3O2/c1-12-7-9-14(10-8-12)20-11-16(18-19-20)15-5-3-4-6-17(15)22-13(2)21/h3-11H,1-2H3. The Morgan fingerprint density at radius 3 is 2.55 bits per heavy atom. The molecular weight excluding hydrogens is 278 g/mol. The van der Waals surface area contributed by atoms with Crippen molar-refractivity contribution < 1.29 is 9.53 Å². The van der Waals surface area contributed by atoms with Gasteiger partial charge in [0.25, 0.3) is 0 Å². The van der Waals surface area contributed by atoms with Crippen LogP contribution < -0.4 is 4.74 Å². The van der Waals surface area contributed by atoms with Crippen molar-refractivity contribution in [3.05, 3.63) is 60.3 Å². The van der Waals surface area contributed by atoms with Crippen molar-refractivity contribution in [1.82, 2.24) is 15.0 Å². The molecule has 0 bridgehead atoms. The van der Waals surface area contributed by atoms with Crippen LogP contribution in [0.1, 0.15) is 12.5 Å². The van der Waals surface area contributed by atoms with E-state index < -0.39 is 0 Å². The highest BCUT2D eigenvalue weighted by molar-refractivity contribution is 5.75. The third-order valence-electron chi connectivity index (χ3n) is 3.21. The lowest BCUT2D eigenvalue weighted by molar-refractivity contribution is -0.131. The first-order valence-corrected chi connectivity index (χ1v) is 6.91. The zero-order valence-electron chi connectivity index (χ0n) is 12.4. The van der Waals surface area contributed by atoms with E-state index in [0.29, 0.717) is 11.4 Å². The summed E-state index contributed by atoms with van der Waals surface area (Å²) in [6.45, 7) is 3.41. The van der Waals surface area contributed by atoms with Gasteiger partial charge in [0.15, 0.2) is 0 Å². The number of hydrogen-bond acceptors (Lipinski definition) is 4. The van der Waals surface area contributed by atoms with E-state index in [4.69, 9.17) is 4.74 Å². The second-order valence-electron chi connectivity index (χ2n) is 4.97. The molecule has 110 valence electrons. The van der Waals surface area contributed by atoms with Crippen LogP contribution in [0.5, 0.6) is 5.75 Å². The Labute approximate surface area is 128 Å². The van der Waals surface area contributed by atoms with Crippen LogP contribution in [-0.4, -0.2) is 21.0 Å². The minimum Gasteiger partial charge on any atom is -0.426 e. The number of ether oxygens (including phenoxy) is 1. The fourth-order valence-electron chi connectivity index (χ4n) is 2.13. The number of esters is 1. The molecule has 0 N–H and O–H groups in total. The first-order valence-electron chi connectivity index (χ1n) is 6.91. The molecule has 22 heavy (non-hydrogen) atoms. The number of rotatable bonds is 3. The number of aromatic nitrogens is 3. The van der Waals surface area contributed by atoms with Crippen molar-refractivity contribution in [2.75, 3.05) is 0 Å². The van der Waals surface area contributed by atoms with Crippen LogP contribution in [0, 0.1) is 6.92 Å². The number of nitrogens with zero attached hydrogens (tertiary/aromatic N) is 3. The molecule has 0 amide bonds. The van der Waals surface area contributed by atoms with Crippen molar-refractivity contribution in [1.29, 1.82) is 0 Å². The summed E-state index contributed by atoms with van der Waals surface area (Å²) in [5, 5.41) is 8.31. The summed E-state index contributed by atoms with van der Waals surface area (Å²) >= 11 is 0. The average Bonchev–Trinajstić information content (AvgIpc) is 2.97. The molecule has 3 aromatic rings. The van der Waals surface area contributed by atoms with Crippen molar-refractivity contribution in [2.24, 2.45) is 0 Å². The molecule has 0 unspecified atom stereocenters. The van der Waals surface area contributed by atoms with E-state index in [1.165, 1.54) is 12.5 Å². The highest BCUT2D eigenvalue weighted by Crippen LogP contribution is 2.28. The molecule has 5 nitrogen and oxygen atoms in total. The second-order valence-corrected chi connectivity index (χ2v) is 4.97. The zero-order chi connectivity index (χ0) is 15.5. The van der Waals surface area contributed by atoms with Gasteiger partial charge in [-0.15, -0.1) is 5.10 Å². The van der Waals surface area contributed by atoms with E-state index in [1.54, 1.807) is 10.7 Å². The van der Waals surface area contributed by atoms with E-state index in [9.17, 15) is 4.79 Å². The lowest BCUT2D eigenvalue weighted by Gasteiger charge is -2.05. The molecule has 0 spiro atoms. The fourth-order valence-corrected chi connectivity index (χ4v) is 2.13. The van der Waals surface area contributed by atoms with E-state index in [0.717, 1.165) is 11.3 Å². The number of hydrogen-bond donors (Lipinski definition) is 0. The Kier molecular flexibility index (Phi) is 3.70. The molecular formula is C17H15N3O2. The van der Waals surface area contributed by atoms with E-state index in [2.05, 4.69) is 10.3 Å². The molecule has 0 aliphatic heterocycles. The van der Waals surface area contributed by atoms with Crippen LogP contribution in [0.25, 0.3) is 16.9 Å². The molecule has 1 heterocycles. The molecule has 0 radical (unpaired) electrons. The van der Waals surface area contributed by atoms with Gasteiger partial charge in [-0.1, -0.05) is 35.0 Å². The Morgan fingerprint density at radius 2 is 1.82 bits per heavy atom. The highest BCUT2D eigenvalue weighted by atomic mass is 16.5. The maximum absolute atomic E-state index is 11.2. The van der Waals surface area contributed by atoms with Crippen LogP contribution in [-0.2, 0) is 4.79 Å². The Morgan fingerprint density at radius 1 is 1.09 bits per heavy atom. The van der Waals surface area contributed by atoms with Crippen LogP contribution in [0.3, 0.4) is 0 Å². The smallest absolute Gasteiger partial charge is 0.308 e. The average molecular weight is 293 g/mol. The summed E-state index contributed by atoms with van der Waals surface area (Å²) in [5.41, 5.74) is 3.49. The largest absolute Gasteiger partial charge is 0.426 e. The van der Waals surface area contributed by atoms with Gasteiger partial charge in [-0.3, -0.25) is 4.79 Å². The number of carbonyl (C=O) groups excluding carboxylic acids is 1. The number of benzene rings is 2. The molecule has 2 aromatic carbocycles. The van der Waals surface area contributed by atoms with Crippen LogP contribution in [0.4, 0.5) is 0 Å². The molecule has 0 aliphatic rings. The van der Waals surface area contributed by atoms with Gasteiger partial charge in [-0.25, -0.2) is 4.68 Å². The predicted molar refractivity (Wildman–Crippen MR) is 82.8 cm³/mol. The third kappa shape index (κ3) is 2.88. The molecule has 5 heteroatoms. The molecule has 0 fully saturated rings. The van der Waals surface area contributed by atoms with Gasteiger partial charge in [0.05, 0.1) is 11.9 Å². The number of aryl methyl sites for hydroxylation is 1. The van der Waals surface area contributed by atoms with Gasteiger partial charge in [0.1, 0.15) is 11.4 Å². The molecule has 0 saturated carbocycles. The number of para-hydroxylation sites is 1. The molecule has 0 atom stereocenters. The first-order chi connectivity index (χ1) is 10.6. The van der Waals surface area contributed by atoms with Gasteiger partial charge >= 0.3 is 5.97 Å². The van der Waals surface area contributed by atoms with Crippen molar-refractivity contribution in [3.8, 4) is 22.7 Å². The van der Waals surface area contributed by atoms with Crippen molar-refractivity contribution >= 4 is 5.97 Å². The topological polar surface area (TPSA) is 57.0 Å². The van der Waals surface area contributed by atoms with E-state index in [1.807, 2.05) is 55.6 Å². The van der Waals surface area contributed by atoms with Crippen molar-refractivity contribution in [2.45, 2.75) is 13.8 Å². The van der Waals surface area contributed by atoms with E-state index >= 15 is 0 Å². The summed E-state index contributed by atoms with van der Waals surface area (Å²) in [7, 11) is 0. The minimum atomic E-state index is -0.363. The fraction of sp³-hybridized carbons (Fsp3) is 0.118. The summed E-state index contributed by atoms with van der Waals surface area (Å²) in [6.07, 6.45) is 1.81. The first kappa shape index (κ1) is 14.0. The molecule has 1 aromatic heterocycles. The Balaban J connectivity index is 1.97. The zero-order valence-corrected chi connectivity index (χ0v) is 12.4. The summed E-state index contributed by atoms with van der Waals surface area (Å²) in [5.74, 6) is 0.115. The monoisotopic (exact) mass is 293 g/mol. The maximum Gasteiger partial charge on any atom is 0.308 e. The number of carbonyl (C=O) groups is 1. The quantitative estimate of drug-likeness (QED) is 0.550. The SMILES string of the molecule is CC(=O)Oc1ccccc1-c1cn(-c2ccc(C)cc2)nn1. The van der Waals surface area contributed by atoms with Crippen molar-refractivity contribution in [3.63, 3.8) is 0 Å². The normalized spacial score (nSPS) is 10.5. The van der Waals surface area contributed by atoms with Gasteiger partial charge in [0, 0.05) is 12.5 Å². The van der Waals surface area contributed by atoms with Gasteiger partial charge in [-0.2, -0.15) is 0 Å². The predicted octanol–water partition coefficient (Wildman–Crippen LogP) is 3.17.